The molecule has 2 aromatic heterocycles. The van der Waals surface area contributed by atoms with Gasteiger partial charge in [0, 0.05) is 25.2 Å². The Bertz CT molecular complexity index is 920. The Hall–Kier alpha value is -2.89. The molecule has 1 fully saturated rings. The number of rotatable bonds is 3. The maximum atomic E-state index is 14.9. The second-order valence-corrected chi connectivity index (χ2v) is 6.57. The highest BCUT2D eigenvalue weighted by Crippen LogP contribution is 2.43. The lowest BCUT2D eigenvalue weighted by atomic mass is 9.86. The van der Waals surface area contributed by atoms with Crippen LogP contribution in [-0.2, 0) is 6.42 Å². The molecule has 1 amide bonds. The van der Waals surface area contributed by atoms with E-state index in [1.165, 1.54) is 0 Å². The van der Waals surface area contributed by atoms with Gasteiger partial charge in [-0.1, -0.05) is 5.92 Å². The first-order valence-electron chi connectivity index (χ1n) is 8.42. The van der Waals surface area contributed by atoms with Crippen molar-refractivity contribution in [3.05, 3.63) is 29.0 Å². The summed E-state index contributed by atoms with van der Waals surface area (Å²) < 4.78 is 31.4. The third kappa shape index (κ3) is 2.62. The third-order valence-corrected chi connectivity index (χ3v) is 4.84. The largest absolute Gasteiger partial charge is 0.371 e. The van der Waals surface area contributed by atoms with Gasteiger partial charge in [0.2, 0.25) is 0 Å². The van der Waals surface area contributed by atoms with Gasteiger partial charge in [-0.15, -0.1) is 0 Å². The third-order valence-electron chi connectivity index (χ3n) is 4.84. The standard InChI is InChI=1S/C17H18F2N6O/c1-21-17-13(16(20)26)11(23-24-17)5-4-9-10(18)6-12-15(14(9)19)22-7-25(12)8-2-3-8/h7-10,14H,2-3,6H2,1H3,(H2,20,26)(H2,21,23,24). The van der Waals surface area contributed by atoms with Crippen molar-refractivity contribution in [3.63, 3.8) is 0 Å². The topological polar surface area (TPSA) is 102 Å². The Morgan fingerprint density at radius 2 is 2.23 bits per heavy atom. The van der Waals surface area contributed by atoms with Gasteiger partial charge in [0.15, 0.2) is 12.0 Å². The fourth-order valence-corrected chi connectivity index (χ4v) is 3.35. The Morgan fingerprint density at radius 3 is 2.88 bits per heavy atom. The van der Waals surface area contributed by atoms with E-state index in [-0.39, 0.29) is 29.2 Å². The normalized spacial score (nSPS) is 24.5. The molecule has 2 aliphatic rings. The molecular weight excluding hydrogens is 342 g/mol. The van der Waals surface area contributed by atoms with E-state index in [0.29, 0.717) is 11.7 Å². The number of primary amides is 1. The van der Waals surface area contributed by atoms with Crippen LogP contribution in [0, 0.1) is 17.8 Å². The number of hydrogen-bond donors (Lipinski definition) is 3. The van der Waals surface area contributed by atoms with Gasteiger partial charge in [-0.05, 0) is 18.8 Å². The minimum atomic E-state index is -1.62. The van der Waals surface area contributed by atoms with Crippen molar-refractivity contribution in [1.82, 2.24) is 19.7 Å². The van der Waals surface area contributed by atoms with Gasteiger partial charge in [-0.3, -0.25) is 9.89 Å². The summed E-state index contributed by atoms with van der Waals surface area (Å²) in [5.41, 5.74) is 6.43. The van der Waals surface area contributed by atoms with Gasteiger partial charge < -0.3 is 15.6 Å². The van der Waals surface area contributed by atoms with Crippen LogP contribution in [0.25, 0.3) is 0 Å². The molecule has 0 aliphatic heterocycles. The number of H-pyrrole nitrogens is 1. The maximum Gasteiger partial charge on any atom is 0.255 e. The number of nitrogens with one attached hydrogen (secondary N) is 2. The van der Waals surface area contributed by atoms with Crippen LogP contribution in [0.15, 0.2) is 6.33 Å². The van der Waals surface area contributed by atoms with Crippen molar-refractivity contribution >= 4 is 11.7 Å². The van der Waals surface area contributed by atoms with E-state index in [1.807, 2.05) is 4.57 Å². The van der Waals surface area contributed by atoms with Crippen molar-refractivity contribution in [2.75, 3.05) is 12.4 Å². The Labute approximate surface area is 148 Å². The number of anilines is 1. The SMILES string of the molecule is CNc1n[nH]c(C#CC2C(F)Cc3c(ncn3C3CC3)C2F)c1C(N)=O. The Kier molecular flexibility index (Phi) is 3.90. The molecule has 2 heterocycles. The molecule has 0 aromatic carbocycles. The quantitative estimate of drug-likeness (QED) is 0.725. The number of carbonyl (C=O) groups is 1. The second-order valence-electron chi connectivity index (χ2n) is 6.57. The van der Waals surface area contributed by atoms with Crippen LogP contribution < -0.4 is 11.1 Å². The lowest BCUT2D eigenvalue weighted by molar-refractivity contribution is 0.100. The minimum Gasteiger partial charge on any atom is -0.371 e. The number of imidazole rings is 1. The van der Waals surface area contributed by atoms with Crippen molar-refractivity contribution in [2.45, 2.75) is 37.6 Å². The summed E-state index contributed by atoms with van der Waals surface area (Å²) >= 11 is 0. The van der Waals surface area contributed by atoms with Gasteiger partial charge in [-0.25, -0.2) is 13.8 Å². The summed E-state index contributed by atoms with van der Waals surface area (Å²) in [5, 5.41) is 9.16. The highest BCUT2D eigenvalue weighted by molar-refractivity contribution is 5.99. The van der Waals surface area contributed by atoms with Crippen molar-refractivity contribution in [2.24, 2.45) is 11.7 Å². The van der Waals surface area contributed by atoms with Crippen LogP contribution >= 0.6 is 0 Å². The number of hydrogen-bond acceptors (Lipinski definition) is 4. The van der Waals surface area contributed by atoms with Crippen molar-refractivity contribution in [1.29, 1.82) is 0 Å². The fourth-order valence-electron chi connectivity index (χ4n) is 3.35. The molecular formula is C17H18F2N6O. The van der Waals surface area contributed by atoms with E-state index in [0.717, 1.165) is 12.8 Å². The molecule has 7 nitrogen and oxygen atoms in total. The monoisotopic (exact) mass is 360 g/mol. The van der Waals surface area contributed by atoms with Crippen LogP contribution in [0.2, 0.25) is 0 Å². The summed E-state index contributed by atoms with van der Waals surface area (Å²) in [6, 6.07) is 0.316. The fraction of sp³-hybridized carbons (Fsp3) is 0.471. The maximum absolute atomic E-state index is 14.9. The first-order chi connectivity index (χ1) is 12.5. The summed E-state index contributed by atoms with van der Waals surface area (Å²) in [7, 11) is 1.58. The highest BCUT2D eigenvalue weighted by Gasteiger charge is 2.41. The summed E-state index contributed by atoms with van der Waals surface area (Å²) in [5.74, 6) is 3.59. The minimum absolute atomic E-state index is 0.0697. The molecule has 4 rings (SSSR count). The number of aromatic amines is 1. The number of aromatic nitrogens is 4. The highest BCUT2D eigenvalue weighted by atomic mass is 19.1. The van der Waals surface area contributed by atoms with Crippen LogP contribution in [0.5, 0.6) is 0 Å². The molecule has 4 N–H and O–H groups in total. The van der Waals surface area contributed by atoms with E-state index < -0.39 is 24.2 Å². The number of nitrogens with two attached hydrogens (primary N) is 1. The molecule has 0 bridgehead atoms. The molecule has 9 heteroatoms. The molecule has 2 aromatic rings. The number of fused-ring (bicyclic) bond motifs is 1. The van der Waals surface area contributed by atoms with Gasteiger partial charge in [0.25, 0.3) is 5.91 Å². The Morgan fingerprint density at radius 1 is 1.46 bits per heavy atom. The van der Waals surface area contributed by atoms with E-state index in [9.17, 15) is 13.6 Å². The number of nitrogens with zero attached hydrogens (tertiary/aromatic N) is 3. The smallest absolute Gasteiger partial charge is 0.255 e. The molecule has 0 spiro atoms. The van der Waals surface area contributed by atoms with Gasteiger partial charge in [0.1, 0.15) is 17.4 Å². The zero-order valence-corrected chi connectivity index (χ0v) is 14.1. The average Bonchev–Trinajstić information content (AvgIpc) is 3.22. The van der Waals surface area contributed by atoms with E-state index in [1.54, 1.807) is 13.4 Å². The predicted molar refractivity (Wildman–Crippen MR) is 90.0 cm³/mol. The van der Waals surface area contributed by atoms with Gasteiger partial charge >= 0.3 is 0 Å². The molecule has 3 atom stereocenters. The molecule has 3 unspecified atom stereocenters. The number of halogens is 2. The number of alkyl halides is 2. The summed E-state index contributed by atoms with van der Waals surface area (Å²) in [4.78, 5) is 15.7. The van der Waals surface area contributed by atoms with Crippen LogP contribution in [0.4, 0.5) is 14.6 Å². The molecule has 26 heavy (non-hydrogen) atoms. The summed E-state index contributed by atoms with van der Waals surface area (Å²) in [6.45, 7) is 0. The first-order valence-corrected chi connectivity index (χ1v) is 8.42. The lowest BCUT2D eigenvalue weighted by Gasteiger charge is -2.26. The molecule has 0 saturated heterocycles. The zero-order valence-electron chi connectivity index (χ0n) is 14.1. The zero-order chi connectivity index (χ0) is 18.4. The average molecular weight is 360 g/mol. The lowest BCUT2D eigenvalue weighted by Crippen LogP contribution is -2.29. The van der Waals surface area contributed by atoms with Crippen LogP contribution in [0.3, 0.4) is 0 Å². The predicted octanol–water partition coefficient (Wildman–Crippen LogP) is 1.65. The van der Waals surface area contributed by atoms with Crippen molar-refractivity contribution < 1.29 is 13.6 Å². The van der Waals surface area contributed by atoms with Crippen LogP contribution in [-0.4, -0.2) is 38.9 Å². The molecule has 1 saturated carbocycles. The Balaban J connectivity index is 1.64. The van der Waals surface area contributed by atoms with Crippen molar-refractivity contribution in [3.8, 4) is 11.8 Å². The van der Waals surface area contributed by atoms with E-state index in [2.05, 4.69) is 32.3 Å². The van der Waals surface area contributed by atoms with Crippen LogP contribution in [0.1, 0.15) is 52.5 Å². The number of carbonyl (C=O) groups excluding carboxylic acids is 1. The molecule has 136 valence electrons. The van der Waals surface area contributed by atoms with Gasteiger partial charge in [0.05, 0.1) is 17.9 Å². The molecule has 2 aliphatic carbocycles. The van der Waals surface area contributed by atoms with E-state index >= 15 is 0 Å². The summed E-state index contributed by atoms with van der Waals surface area (Å²) in [6.07, 6.45) is 0.635. The number of amides is 1. The second kappa shape index (κ2) is 6.12. The van der Waals surface area contributed by atoms with Gasteiger partial charge in [-0.2, -0.15) is 5.10 Å². The van der Waals surface area contributed by atoms with E-state index in [4.69, 9.17) is 5.73 Å². The molecule has 0 radical (unpaired) electrons. The first kappa shape index (κ1) is 16.6.